The van der Waals surface area contributed by atoms with Crippen LogP contribution in [0, 0.1) is 0 Å². The molecular weight excluding hydrogens is 693 g/mol. The van der Waals surface area contributed by atoms with Gasteiger partial charge in [0.15, 0.2) is 0 Å². The van der Waals surface area contributed by atoms with Crippen molar-refractivity contribution in [2.45, 2.75) is 0 Å². The van der Waals surface area contributed by atoms with E-state index in [4.69, 9.17) is 10.2 Å². The van der Waals surface area contributed by atoms with Crippen LogP contribution in [0.25, 0.3) is 94.6 Å². The number of pyridine rings is 1. The summed E-state index contributed by atoms with van der Waals surface area (Å²) < 4.78 is 0. The van der Waals surface area contributed by atoms with Gasteiger partial charge in [-0.1, -0.05) is 176 Å². The van der Waals surface area contributed by atoms with Crippen molar-refractivity contribution in [2.75, 3.05) is 0 Å². The highest BCUT2D eigenvalue weighted by Crippen LogP contribution is 2.47. The molecule has 0 saturated heterocycles. The zero-order valence-corrected chi connectivity index (χ0v) is 31.1. The van der Waals surface area contributed by atoms with E-state index in [0.717, 1.165) is 94.6 Å². The minimum atomic E-state index is 0.804. The van der Waals surface area contributed by atoms with Crippen LogP contribution in [0.1, 0.15) is 0 Å². The van der Waals surface area contributed by atoms with Crippen molar-refractivity contribution in [3.63, 3.8) is 0 Å². The molecule has 0 spiro atoms. The lowest BCUT2D eigenvalue weighted by molar-refractivity contribution is 0.766. The standard InChI is InChI=1S/C53H36N4/c1-5-17-37(18-6-1)45-28-14-29-46(38-19-7-2-8-20-38)51(45)43-34-49(52-47(39-21-9-3-10-22-39)30-15-31-48(52)40-23-11-4-12-24-40)53-50(35-43)55-57(56-53)44-27-13-25-41(33-44)42-26-16-32-54-36-42/h1-36H. The van der Waals surface area contributed by atoms with Gasteiger partial charge in [0.2, 0.25) is 0 Å². The molecule has 0 fully saturated rings. The number of benzene rings is 8. The third-order valence-electron chi connectivity index (χ3n) is 10.6. The molecule has 0 unspecified atom stereocenters. The van der Waals surface area contributed by atoms with Crippen LogP contribution >= 0.6 is 0 Å². The molecule has 268 valence electrons. The SMILES string of the molecule is c1ccc(-c2cccc(-c3ccccc3)c2-c2cc(-c3c(-c4ccccc4)cccc3-c3ccccc3)c3nn(-c4cccc(-c5cccnc5)c4)nc3c2)cc1. The van der Waals surface area contributed by atoms with Gasteiger partial charge in [-0.3, -0.25) is 4.98 Å². The van der Waals surface area contributed by atoms with Gasteiger partial charge in [-0.25, -0.2) is 0 Å². The Morgan fingerprint density at radius 3 is 1.30 bits per heavy atom. The second kappa shape index (κ2) is 14.9. The lowest BCUT2D eigenvalue weighted by Gasteiger charge is -2.20. The van der Waals surface area contributed by atoms with Crippen molar-refractivity contribution in [3.8, 4) is 83.6 Å². The molecule has 57 heavy (non-hydrogen) atoms. The van der Waals surface area contributed by atoms with E-state index >= 15 is 0 Å². The first-order valence-corrected chi connectivity index (χ1v) is 19.2. The maximum absolute atomic E-state index is 5.35. The summed E-state index contributed by atoms with van der Waals surface area (Å²) in [6.07, 6.45) is 3.68. The van der Waals surface area contributed by atoms with Crippen LogP contribution in [0.15, 0.2) is 219 Å². The Morgan fingerprint density at radius 2 is 0.789 bits per heavy atom. The summed E-state index contributed by atoms with van der Waals surface area (Å²) in [6.45, 7) is 0. The zero-order chi connectivity index (χ0) is 38.0. The van der Waals surface area contributed by atoms with Crippen LogP contribution in [0.2, 0.25) is 0 Å². The van der Waals surface area contributed by atoms with Crippen LogP contribution in [0.3, 0.4) is 0 Å². The topological polar surface area (TPSA) is 43.6 Å². The van der Waals surface area contributed by atoms with Gasteiger partial charge in [-0.2, -0.15) is 4.80 Å². The summed E-state index contributed by atoms with van der Waals surface area (Å²) in [4.78, 5) is 6.15. The highest BCUT2D eigenvalue weighted by atomic mass is 15.5. The van der Waals surface area contributed by atoms with Crippen LogP contribution in [-0.2, 0) is 0 Å². The predicted molar refractivity (Wildman–Crippen MR) is 235 cm³/mol. The highest BCUT2D eigenvalue weighted by Gasteiger charge is 2.23. The van der Waals surface area contributed by atoms with E-state index in [2.05, 4.69) is 205 Å². The fourth-order valence-electron chi connectivity index (χ4n) is 7.95. The van der Waals surface area contributed by atoms with Gasteiger partial charge in [0, 0.05) is 23.5 Å². The van der Waals surface area contributed by atoms with Crippen molar-refractivity contribution in [3.05, 3.63) is 219 Å². The van der Waals surface area contributed by atoms with E-state index in [0.29, 0.717) is 0 Å². The monoisotopic (exact) mass is 728 g/mol. The molecule has 2 aromatic heterocycles. The summed E-state index contributed by atoms with van der Waals surface area (Å²) in [5.74, 6) is 0. The average molecular weight is 729 g/mol. The predicted octanol–water partition coefficient (Wildman–Crippen LogP) is 13.5. The van der Waals surface area contributed by atoms with Crippen LogP contribution in [-0.4, -0.2) is 20.0 Å². The van der Waals surface area contributed by atoms with E-state index in [1.165, 1.54) is 0 Å². The smallest absolute Gasteiger partial charge is 0.121 e. The van der Waals surface area contributed by atoms with Crippen molar-refractivity contribution >= 4 is 11.0 Å². The summed E-state index contributed by atoms with van der Waals surface area (Å²) in [5, 5.41) is 10.6. The van der Waals surface area contributed by atoms with Crippen molar-refractivity contribution in [1.29, 1.82) is 0 Å². The summed E-state index contributed by atoms with van der Waals surface area (Å²) in [5.41, 5.74) is 18.0. The van der Waals surface area contributed by atoms with Crippen molar-refractivity contribution < 1.29 is 0 Å². The summed E-state index contributed by atoms with van der Waals surface area (Å²) in [7, 11) is 0. The maximum atomic E-state index is 5.35. The Bertz CT molecular complexity index is 2860. The first-order chi connectivity index (χ1) is 28.3. The normalized spacial score (nSPS) is 11.2. The Hall–Kier alpha value is -7.69. The van der Waals surface area contributed by atoms with E-state index in [9.17, 15) is 0 Å². The number of aromatic nitrogens is 4. The summed E-state index contributed by atoms with van der Waals surface area (Å²) in [6, 6.07) is 72.8. The molecule has 10 aromatic rings. The number of hydrogen-bond acceptors (Lipinski definition) is 3. The molecule has 0 radical (unpaired) electrons. The fraction of sp³-hybridized carbons (Fsp3) is 0. The highest BCUT2D eigenvalue weighted by molar-refractivity contribution is 6.07. The quantitative estimate of drug-likeness (QED) is 0.156. The van der Waals surface area contributed by atoms with Crippen LogP contribution in [0.5, 0.6) is 0 Å². The zero-order valence-electron chi connectivity index (χ0n) is 31.1. The molecule has 0 bridgehead atoms. The first-order valence-electron chi connectivity index (χ1n) is 19.2. The lowest BCUT2D eigenvalue weighted by atomic mass is 9.83. The Kier molecular flexibility index (Phi) is 8.82. The maximum Gasteiger partial charge on any atom is 0.121 e. The molecule has 4 nitrogen and oxygen atoms in total. The van der Waals surface area contributed by atoms with Gasteiger partial charge in [0.05, 0.1) is 5.69 Å². The Balaban J connectivity index is 1.31. The van der Waals surface area contributed by atoms with Crippen LogP contribution in [0.4, 0.5) is 0 Å². The third kappa shape index (κ3) is 6.49. The third-order valence-corrected chi connectivity index (χ3v) is 10.6. The number of rotatable bonds is 8. The molecule has 0 saturated carbocycles. The molecule has 10 rings (SSSR count). The fourth-order valence-corrected chi connectivity index (χ4v) is 7.95. The van der Waals surface area contributed by atoms with E-state index in [1.807, 2.05) is 12.3 Å². The number of hydrogen-bond donors (Lipinski definition) is 0. The Labute approximate surface area is 332 Å². The van der Waals surface area contributed by atoms with E-state index in [1.54, 1.807) is 11.0 Å². The summed E-state index contributed by atoms with van der Waals surface area (Å²) >= 11 is 0. The lowest BCUT2D eigenvalue weighted by Crippen LogP contribution is -1.98. The number of fused-ring (bicyclic) bond motifs is 1. The Morgan fingerprint density at radius 1 is 0.316 bits per heavy atom. The van der Waals surface area contributed by atoms with Crippen LogP contribution < -0.4 is 0 Å². The van der Waals surface area contributed by atoms with Gasteiger partial charge in [-0.15, -0.1) is 10.2 Å². The van der Waals surface area contributed by atoms with Gasteiger partial charge in [0.1, 0.15) is 11.0 Å². The molecular formula is C53H36N4. The first kappa shape index (κ1) is 33.8. The van der Waals surface area contributed by atoms with Gasteiger partial charge in [0.25, 0.3) is 0 Å². The second-order valence-electron chi connectivity index (χ2n) is 14.1. The largest absolute Gasteiger partial charge is 0.264 e. The second-order valence-corrected chi connectivity index (χ2v) is 14.1. The van der Waals surface area contributed by atoms with Gasteiger partial charge in [-0.05, 0) is 97.1 Å². The molecule has 0 aliphatic heterocycles. The molecule has 0 amide bonds. The molecule has 0 aliphatic carbocycles. The minimum absolute atomic E-state index is 0.804. The van der Waals surface area contributed by atoms with Gasteiger partial charge < -0.3 is 0 Å². The van der Waals surface area contributed by atoms with Crippen molar-refractivity contribution in [1.82, 2.24) is 20.0 Å². The van der Waals surface area contributed by atoms with Gasteiger partial charge >= 0.3 is 0 Å². The molecule has 0 atom stereocenters. The molecule has 8 aromatic carbocycles. The molecule has 0 N–H and O–H groups in total. The van der Waals surface area contributed by atoms with Crippen molar-refractivity contribution in [2.24, 2.45) is 0 Å². The average Bonchev–Trinajstić information content (AvgIpc) is 3.74. The van der Waals surface area contributed by atoms with E-state index < -0.39 is 0 Å². The molecule has 4 heteroatoms. The minimum Gasteiger partial charge on any atom is -0.264 e. The molecule has 0 aliphatic rings. The number of nitrogens with zero attached hydrogens (tertiary/aromatic N) is 4. The van der Waals surface area contributed by atoms with E-state index in [-0.39, 0.29) is 0 Å². The molecule has 2 heterocycles.